The molecule has 0 unspecified atom stereocenters. The maximum Gasteiger partial charge on any atom is 0.321 e. The Morgan fingerprint density at radius 3 is 2.43 bits per heavy atom. The monoisotopic (exact) mass is 385 g/mol. The van der Waals surface area contributed by atoms with Gasteiger partial charge in [0.15, 0.2) is 11.6 Å². The second kappa shape index (κ2) is 7.22. The molecule has 2 fully saturated rings. The Morgan fingerprint density at radius 1 is 0.964 bits per heavy atom. The number of urea groups is 1. The Bertz CT molecular complexity index is 906. The van der Waals surface area contributed by atoms with Gasteiger partial charge in [-0.2, -0.15) is 0 Å². The number of likely N-dealkylation sites (N-methyl/N-ethyl adjacent to an activating group) is 1. The van der Waals surface area contributed by atoms with Crippen molar-refractivity contribution in [1.29, 1.82) is 0 Å². The molecular weight excluding hydrogens is 364 g/mol. The average Bonchev–Trinajstić information content (AvgIpc) is 2.98. The van der Waals surface area contributed by atoms with Crippen molar-refractivity contribution in [2.75, 3.05) is 20.1 Å². The summed E-state index contributed by atoms with van der Waals surface area (Å²) < 4.78 is 26.7. The first-order valence-electron chi connectivity index (χ1n) is 9.24. The average molecular weight is 385 g/mol. The number of benzene rings is 2. The molecule has 28 heavy (non-hydrogen) atoms. The molecule has 0 aliphatic carbocycles. The molecule has 0 bridgehead atoms. The third kappa shape index (κ3) is 3.32. The zero-order valence-electron chi connectivity index (χ0n) is 15.5. The van der Waals surface area contributed by atoms with E-state index in [0.717, 1.165) is 17.7 Å². The van der Waals surface area contributed by atoms with Crippen LogP contribution >= 0.6 is 0 Å². The Balaban J connectivity index is 1.56. The summed E-state index contributed by atoms with van der Waals surface area (Å²) in [5.74, 6) is -1.93. The van der Waals surface area contributed by atoms with Gasteiger partial charge in [-0.25, -0.2) is 13.6 Å². The molecule has 3 amide bonds. The minimum absolute atomic E-state index is 0.0804. The molecule has 2 saturated heterocycles. The van der Waals surface area contributed by atoms with Gasteiger partial charge in [-0.05, 0) is 23.3 Å². The van der Waals surface area contributed by atoms with Crippen molar-refractivity contribution in [1.82, 2.24) is 14.7 Å². The maximum absolute atomic E-state index is 13.5. The first-order chi connectivity index (χ1) is 13.4. The molecule has 2 heterocycles. The maximum atomic E-state index is 13.5. The van der Waals surface area contributed by atoms with Crippen molar-refractivity contribution in [2.45, 2.75) is 25.0 Å². The van der Waals surface area contributed by atoms with E-state index < -0.39 is 17.7 Å². The van der Waals surface area contributed by atoms with Gasteiger partial charge < -0.3 is 14.7 Å². The molecule has 0 spiro atoms. The number of hydrogen-bond acceptors (Lipinski definition) is 2. The molecule has 146 valence electrons. The van der Waals surface area contributed by atoms with Crippen LogP contribution in [0.4, 0.5) is 13.6 Å². The summed E-state index contributed by atoms with van der Waals surface area (Å²) in [6.45, 7) is 1.09. The van der Waals surface area contributed by atoms with Crippen LogP contribution in [0.25, 0.3) is 0 Å². The molecule has 0 N–H and O–H groups in total. The van der Waals surface area contributed by atoms with Gasteiger partial charge in [0.2, 0.25) is 5.91 Å². The van der Waals surface area contributed by atoms with Crippen LogP contribution in [0.5, 0.6) is 0 Å². The van der Waals surface area contributed by atoms with Crippen molar-refractivity contribution < 1.29 is 18.4 Å². The highest BCUT2D eigenvalue weighted by molar-refractivity contribution is 5.90. The number of rotatable bonds is 4. The van der Waals surface area contributed by atoms with E-state index in [9.17, 15) is 18.4 Å². The summed E-state index contributed by atoms with van der Waals surface area (Å²) in [6.07, 6.45) is 0.450. The smallest absolute Gasteiger partial charge is 0.321 e. The van der Waals surface area contributed by atoms with Crippen LogP contribution in [-0.2, 0) is 17.8 Å². The van der Waals surface area contributed by atoms with Gasteiger partial charge in [0.1, 0.15) is 6.04 Å². The molecule has 7 heteroatoms. The predicted molar refractivity (Wildman–Crippen MR) is 99.4 cm³/mol. The largest absolute Gasteiger partial charge is 0.342 e. The third-order valence-electron chi connectivity index (χ3n) is 5.43. The third-order valence-corrected chi connectivity index (χ3v) is 5.43. The first kappa shape index (κ1) is 18.4. The number of nitrogens with zero attached hydrogens (tertiary/aromatic N) is 3. The second-order valence-electron chi connectivity index (χ2n) is 7.40. The van der Waals surface area contributed by atoms with E-state index >= 15 is 0 Å². The summed E-state index contributed by atoms with van der Waals surface area (Å²) in [5, 5.41) is 0. The minimum atomic E-state index is -0.932. The molecule has 2 aliphatic rings. The van der Waals surface area contributed by atoms with E-state index in [0.29, 0.717) is 25.1 Å². The van der Waals surface area contributed by atoms with Gasteiger partial charge in [0.25, 0.3) is 0 Å². The standard InChI is InChI=1S/C21H21F2N3O2/c1-24-12-16-13-25(11-15-7-8-17(22)18(23)9-15)21(28)26(16)19(20(24)27)10-14-5-3-2-4-6-14/h2-9,16,19H,10-13H2,1H3/t16-,19-/m0/s1. The Hall–Kier alpha value is -2.96. The van der Waals surface area contributed by atoms with E-state index in [1.54, 1.807) is 21.7 Å². The molecule has 2 aromatic rings. The van der Waals surface area contributed by atoms with E-state index in [1.807, 2.05) is 30.3 Å². The summed E-state index contributed by atoms with van der Waals surface area (Å²) in [5.41, 5.74) is 1.51. The number of hydrogen-bond donors (Lipinski definition) is 0. The lowest BCUT2D eigenvalue weighted by Crippen LogP contribution is -2.60. The van der Waals surface area contributed by atoms with Crippen LogP contribution in [0.15, 0.2) is 48.5 Å². The van der Waals surface area contributed by atoms with Crippen molar-refractivity contribution in [3.63, 3.8) is 0 Å². The van der Waals surface area contributed by atoms with E-state index in [1.165, 1.54) is 6.07 Å². The summed E-state index contributed by atoms with van der Waals surface area (Å²) >= 11 is 0. The molecule has 2 aromatic carbocycles. The molecule has 2 atom stereocenters. The molecule has 0 aromatic heterocycles. The highest BCUT2D eigenvalue weighted by Crippen LogP contribution is 2.28. The number of amides is 3. The lowest BCUT2D eigenvalue weighted by molar-refractivity contribution is -0.139. The van der Waals surface area contributed by atoms with Crippen molar-refractivity contribution >= 4 is 11.9 Å². The predicted octanol–water partition coefficient (Wildman–Crippen LogP) is 2.65. The van der Waals surface area contributed by atoms with Crippen molar-refractivity contribution in [2.24, 2.45) is 0 Å². The van der Waals surface area contributed by atoms with Crippen molar-refractivity contribution in [3.05, 3.63) is 71.3 Å². The van der Waals surface area contributed by atoms with Gasteiger partial charge >= 0.3 is 6.03 Å². The van der Waals surface area contributed by atoms with Crippen LogP contribution < -0.4 is 0 Å². The number of carbonyl (C=O) groups excluding carboxylic acids is 2. The van der Waals surface area contributed by atoms with Crippen LogP contribution in [0, 0.1) is 11.6 Å². The second-order valence-corrected chi connectivity index (χ2v) is 7.40. The van der Waals surface area contributed by atoms with Crippen LogP contribution in [0.3, 0.4) is 0 Å². The van der Waals surface area contributed by atoms with E-state index in [2.05, 4.69) is 0 Å². The SMILES string of the molecule is CN1C[C@H]2CN(Cc3ccc(F)c(F)c3)C(=O)N2[C@@H](Cc2ccccc2)C1=O. The van der Waals surface area contributed by atoms with Gasteiger partial charge in [0, 0.05) is 33.1 Å². The first-order valence-corrected chi connectivity index (χ1v) is 9.24. The molecule has 5 nitrogen and oxygen atoms in total. The van der Waals surface area contributed by atoms with E-state index in [-0.39, 0.29) is 24.5 Å². The van der Waals surface area contributed by atoms with Crippen molar-refractivity contribution in [3.8, 4) is 0 Å². The van der Waals surface area contributed by atoms with Crippen LogP contribution in [0.2, 0.25) is 0 Å². The number of carbonyl (C=O) groups is 2. The molecule has 0 radical (unpaired) electrons. The number of halogens is 2. The topological polar surface area (TPSA) is 43.9 Å². The quantitative estimate of drug-likeness (QED) is 0.812. The van der Waals surface area contributed by atoms with Gasteiger partial charge in [0.05, 0.1) is 6.04 Å². The van der Waals surface area contributed by atoms with Gasteiger partial charge in [-0.3, -0.25) is 4.79 Å². The fourth-order valence-corrected chi connectivity index (χ4v) is 4.07. The normalized spacial score (nSPS) is 22.0. The lowest BCUT2D eigenvalue weighted by Gasteiger charge is -2.40. The van der Waals surface area contributed by atoms with E-state index in [4.69, 9.17) is 0 Å². The molecular formula is C21H21F2N3O2. The number of fused-ring (bicyclic) bond motifs is 1. The fourth-order valence-electron chi connectivity index (χ4n) is 4.07. The molecule has 0 saturated carbocycles. The summed E-state index contributed by atoms with van der Waals surface area (Å²) in [7, 11) is 1.75. The Kier molecular flexibility index (Phi) is 4.75. The Morgan fingerprint density at radius 2 is 1.71 bits per heavy atom. The van der Waals surface area contributed by atoms with Gasteiger partial charge in [-0.15, -0.1) is 0 Å². The fraction of sp³-hybridized carbons (Fsp3) is 0.333. The highest BCUT2D eigenvalue weighted by Gasteiger charge is 2.48. The summed E-state index contributed by atoms with van der Waals surface area (Å²) in [6, 6.07) is 12.3. The lowest BCUT2D eigenvalue weighted by atomic mass is 9.99. The highest BCUT2D eigenvalue weighted by atomic mass is 19.2. The molecule has 2 aliphatic heterocycles. The van der Waals surface area contributed by atoms with Gasteiger partial charge in [-0.1, -0.05) is 36.4 Å². The number of piperazine rings is 1. The van der Waals surface area contributed by atoms with Crippen LogP contribution in [0.1, 0.15) is 11.1 Å². The molecule has 4 rings (SSSR count). The minimum Gasteiger partial charge on any atom is -0.342 e. The Labute approximate surface area is 162 Å². The van der Waals surface area contributed by atoms with Crippen LogP contribution in [-0.4, -0.2) is 58.9 Å². The zero-order chi connectivity index (χ0) is 19.8. The zero-order valence-corrected chi connectivity index (χ0v) is 15.5. The summed E-state index contributed by atoms with van der Waals surface area (Å²) in [4.78, 5) is 30.8.